The predicted octanol–water partition coefficient (Wildman–Crippen LogP) is 1.30. The summed E-state index contributed by atoms with van der Waals surface area (Å²) in [6.45, 7) is 3.92. The zero-order chi connectivity index (χ0) is 16.1. The maximum absolute atomic E-state index is 13.7. The van der Waals surface area contributed by atoms with E-state index in [1.54, 1.807) is 6.07 Å². The SMILES string of the molecule is O=C(Cc1ccccc1)N1CC[NH+](Cc2ccccc2F)CC1. The van der Waals surface area contributed by atoms with Crippen LogP contribution in [-0.4, -0.2) is 37.0 Å². The summed E-state index contributed by atoms with van der Waals surface area (Å²) in [5.41, 5.74) is 1.81. The third kappa shape index (κ3) is 4.17. The van der Waals surface area contributed by atoms with Crippen LogP contribution in [0, 0.1) is 5.82 Å². The van der Waals surface area contributed by atoms with E-state index in [0.29, 0.717) is 13.0 Å². The van der Waals surface area contributed by atoms with Crippen LogP contribution >= 0.6 is 0 Å². The summed E-state index contributed by atoms with van der Waals surface area (Å²) in [7, 11) is 0. The number of carbonyl (C=O) groups excluding carboxylic acids is 1. The molecular formula is C19H22FN2O+. The molecule has 0 bridgehead atoms. The number of hydrogen-bond acceptors (Lipinski definition) is 1. The Morgan fingerprint density at radius 1 is 1.00 bits per heavy atom. The Balaban J connectivity index is 1.50. The van der Waals surface area contributed by atoms with Crippen LogP contribution in [0.25, 0.3) is 0 Å². The highest BCUT2D eigenvalue weighted by Gasteiger charge is 2.24. The minimum absolute atomic E-state index is 0.136. The van der Waals surface area contributed by atoms with Crippen molar-refractivity contribution in [3.8, 4) is 0 Å². The number of amides is 1. The predicted molar refractivity (Wildman–Crippen MR) is 87.5 cm³/mol. The van der Waals surface area contributed by atoms with E-state index in [9.17, 15) is 9.18 Å². The molecule has 0 spiro atoms. The minimum atomic E-state index is -0.136. The molecule has 0 radical (unpaired) electrons. The maximum atomic E-state index is 13.7. The van der Waals surface area contributed by atoms with Crippen LogP contribution in [-0.2, 0) is 17.8 Å². The van der Waals surface area contributed by atoms with Crippen molar-refractivity contribution in [1.82, 2.24) is 4.90 Å². The summed E-state index contributed by atoms with van der Waals surface area (Å²) in [4.78, 5) is 15.6. The molecule has 0 saturated carbocycles. The van der Waals surface area contributed by atoms with Crippen LogP contribution in [0.1, 0.15) is 11.1 Å². The van der Waals surface area contributed by atoms with Crippen molar-refractivity contribution >= 4 is 5.91 Å². The zero-order valence-corrected chi connectivity index (χ0v) is 13.2. The summed E-state index contributed by atoms with van der Waals surface area (Å²) < 4.78 is 13.7. The van der Waals surface area contributed by atoms with Gasteiger partial charge in [-0.05, 0) is 11.6 Å². The molecule has 2 aromatic rings. The molecule has 1 amide bonds. The van der Waals surface area contributed by atoms with Gasteiger partial charge in [0, 0.05) is 5.56 Å². The second-order valence-corrected chi connectivity index (χ2v) is 6.06. The van der Waals surface area contributed by atoms with E-state index in [0.717, 1.165) is 37.3 Å². The average molecular weight is 313 g/mol. The minimum Gasteiger partial charge on any atom is -0.331 e. The largest absolute Gasteiger partial charge is 0.331 e. The van der Waals surface area contributed by atoms with Crippen LogP contribution in [0.2, 0.25) is 0 Å². The fraction of sp³-hybridized carbons (Fsp3) is 0.316. The van der Waals surface area contributed by atoms with Crippen LogP contribution in [0.4, 0.5) is 4.39 Å². The lowest BCUT2D eigenvalue weighted by Crippen LogP contribution is -3.13. The third-order valence-corrected chi connectivity index (χ3v) is 4.42. The Kier molecular flexibility index (Phi) is 5.03. The Hall–Kier alpha value is -2.20. The number of hydrogen-bond donors (Lipinski definition) is 1. The highest BCUT2D eigenvalue weighted by Crippen LogP contribution is 2.06. The smallest absolute Gasteiger partial charge is 0.227 e. The number of piperazine rings is 1. The van der Waals surface area contributed by atoms with Crippen LogP contribution < -0.4 is 4.90 Å². The molecule has 120 valence electrons. The van der Waals surface area contributed by atoms with Crippen LogP contribution in [0.15, 0.2) is 54.6 Å². The number of rotatable bonds is 4. The lowest BCUT2D eigenvalue weighted by molar-refractivity contribution is -0.917. The van der Waals surface area contributed by atoms with Crippen molar-refractivity contribution in [2.75, 3.05) is 26.2 Å². The highest BCUT2D eigenvalue weighted by molar-refractivity contribution is 5.78. The first-order valence-electron chi connectivity index (χ1n) is 8.11. The van der Waals surface area contributed by atoms with E-state index in [4.69, 9.17) is 0 Å². The molecule has 3 nitrogen and oxygen atoms in total. The first kappa shape index (κ1) is 15.7. The topological polar surface area (TPSA) is 24.8 Å². The molecule has 1 fully saturated rings. The summed E-state index contributed by atoms with van der Waals surface area (Å²) in [6.07, 6.45) is 0.462. The third-order valence-electron chi connectivity index (χ3n) is 4.42. The molecule has 0 aliphatic carbocycles. The molecule has 23 heavy (non-hydrogen) atoms. The number of carbonyl (C=O) groups is 1. The normalized spacial score (nSPS) is 15.6. The van der Waals surface area contributed by atoms with Gasteiger partial charge >= 0.3 is 0 Å². The van der Waals surface area contributed by atoms with Gasteiger partial charge in [-0.2, -0.15) is 0 Å². The van der Waals surface area contributed by atoms with Crippen LogP contribution in [0.5, 0.6) is 0 Å². The van der Waals surface area contributed by atoms with Crippen molar-refractivity contribution < 1.29 is 14.1 Å². The summed E-state index contributed by atoms with van der Waals surface area (Å²) >= 11 is 0. The van der Waals surface area contributed by atoms with Crippen LogP contribution in [0.3, 0.4) is 0 Å². The van der Waals surface area contributed by atoms with Gasteiger partial charge in [-0.25, -0.2) is 4.39 Å². The standard InChI is InChI=1S/C19H21FN2O/c20-18-9-5-4-8-17(18)15-21-10-12-22(13-11-21)19(23)14-16-6-2-1-3-7-16/h1-9H,10-15H2/p+1. The molecule has 3 rings (SSSR count). The van der Waals surface area contributed by atoms with E-state index in [-0.39, 0.29) is 11.7 Å². The van der Waals surface area contributed by atoms with Crippen molar-refractivity contribution in [2.24, 2.45) is 0 Å². The first-order valence-corrected chi connectivity index (χ1v) is 8.11. The average Bonchev–Trinajstić information content (AvgIpc) is 2.58. The molecular weight excluding hydrogens is 291 g/mol. The van der Waals surface area contributed by atoms with E-state index in [1.165, 1.54) is 11.0 Å². The van der Waals surface area contributed by atoms with Crippen molar-refractivity contribution in [1.29, 1.82) is 0 Å². The van der Waals surface area contributed by atoms with Crippen molar-refractivity contribution in [3.05, 3.63) is 71.5 Å². The van der Waals surface area contributed by atoms with Gasteiger partial charge in [-0.15, -0.1) is 0 Å². The second-order valence-electron chi connectivity index (χ2n) is 6.06. The van der Waals surface area contributed by atoms with Gasteiger partial charge in [-0.3, -0.25) is 4.79 Å². The number of halogens is 1. The van der Waals surface area contributed by atoms with Gasteiger partial charge in [0.2, 0.25) is 5.91 Å². The molecule has 0 aromatic heterocycles. The molecule has 0 atom stereocenters. The van der Waals surface area contributed by atoms with E-state index < -0.39 is 0 Å². The fourth-order valence-corrected chi connectivity index (χ4v) is 3.04. The maximum Gasteiger partial charge on any atom is 0.227 e. The summed E-state index contributed by atoms with van der Waals surface area (Å²) in [5.74, 6) is 0.0451. The van der Waals surface area contributed by atoms with Gasteiger partial charge < -0.3 is 9.80 Å². The molecule has 4 heteroatoms. The number of nitrogens with one attached hydrogen (secondary N) is 1. The number of quaternary nitrogens is 1. The molecule has 1 saturated heterocycles. The van der Waals surface area contributed by atoms with E-state index in [2.05, 4.69) is 0 Å². The van der Waals surface area contributed by atoms with Gasteiger partial charge in [0.15, 0.2) is 0 Å². The molecule has 1 aliphatic heterocycles. The van der Waals surface area contributed by atoms with Crippen molar-refractivity contribution in [3.63, 3.8) is 0 Å². The van der Waals surface area contributed by atoms with Gasteiger partial charge in [0.1, 0.15) is 12.4 Å². The van der Waals surface area contributed by atoms with Gasteiger partial charge in [0.25, 0.3) is 0 Å². The molecule has 2 aromatic carbocycles. The molecule has 1 heterocycles. The summed E-state index contributed by atoms with van der Waals surface area (Å²) in [5, 5.41) is 0. The van der Waals surface area contributed by atoms with E-state index in [1.807, 2.05) is 47.4 Å². The first-order chi connectivity index (χ1) is 11.2. The Labute approximate surface area is 136 Å². The monoisotopic (exact) mass is 313 g/mol. The molecule has 1 aliphatic rings. The molecule has 0 unspecified atom stereocenters. The highest BCUT2D eigenvalue weighted by atomic mass is 19.1. The fourth-order valence-electron chi connectivity index (χ4n) is 3.04. The number of nitrogens with zero attached hydrogens (tertiary/aromatic N) is 1. The van der Waals surface area contributed by atoms with Gasteiger partial charge in [-0.1, -0.05) is 48.5 Å². The molecule has 1 N–H and O–H groups in total. The Bertz CT molecular complexity index is 651. The zero-order valence-electron chi connectivity index (χ0n) is 13.2. The van der Waals surface area contributed by atoms with Crippen molar-refractivity contribution in [2.45, 2.75) is 13.0 Å². The lowest BCUT2D eigenvalue weighted by Gasteiger charge is -2.32. The Morgan fingerprint density at radius 3 is 2.35 bits per heavy atom. The quantitative estimate of drug-likeness (QED) is 0.904. The Morgan fingerprint density at radius 2 is 1.65 bits per heavy atom. The summed E-state index contributed by atoms with van der Waals surface area (Å²) in [6, 6.07) is 16.8. The second kappa shape index (κ2) is 7.38. The van der Waals surface area contributed by atoms with E-state index >= 15 is 0 Å². The number of benzene rings is 2. The lowest BCUT2D eigenvalue weighted by atomic mass is 10.1. The van der Waals surface area contributed by atoms with Gasteiger partial charge in [0.05, 0.1) is 32.6 Å².